The molecule has 0 saturated carbocycles. The molecule has 0 fully saturated rings. The summed E-state index contributed by atoms with van der Waals surface area (Å²) in [5.41, 5.74) is 0.710. The number of alkyl halides is 3. The molecule has 2 heterocycles. The number of nitrogens with zero attached hydrogens (tertiary/aromatic N) is 2. The molecule has 10 aromatic carbocycles. The van der Waals surface area contributed by atoms with Crippen LogP contribution in [0.3, 0.4) is 0 Å². The van der Waals surface area contributed by atoms with E-state index in [0.717, 1.165) is 43.4 Å². The first-order chi connectivity index (χ1) is 27.2. The van der Waals surface area contributed by atoms with Crippen LogP contribution in [0.25, 0.3) is 110 Å². The fourth-order valence-electron chi connectivity index (χ4n) is 8.97. The molecule has 0 aliphatic rings. The lowest BCUT2D eigenvalue weighted by molar-refractivity contribution is -0.173. The Morgan fingerprint density at radius 3 is 1.11 bits per heavy atom. The van der Waals surface area contributed by atoms with Gasteiger partial charge in [-0.25, -0.2) is 9.97 Å². The summed E-state index contributed by atoms with van der Waals surface area (Å²) in [6, 6.07) is 46.5. The summed E-state index contributed by atoms with van der Waals surface area (Å²) in [6.45, 7) is 1.20. The molecule has 0 N–H and O–H groups in total. The Hall–Kier alpha value is -6.99. The fourth-order valence-corrected chi connectivity index (χ4v) is 8.97. The number of halogens is 3. The van der Waals surface area contributed by atoms with Crippen LogP contribution in [-0.4, -0.2) is 16.1 Å². The molecular weight excluding hydrogens is 706 g/mol. The maximum absolute atomic E-state index is 15.4. The van der Waals surface area contributed by atoms with E-state index in [1.165, 1.54) is 63.5 Å². The normalized spacial score (nSPS) is 13.0. The van der Waals surface area contributed by atoms with Crippen LogP contribution in [0.2, 0.25) is 0 Å². The summed E-state index contributed by atoms with van der Waals surface area (Å²) in [6.07, 6.45) is -4.66. The molecule has 4 nitrogen and oxygen atoms in total. The van der Waals surface area contributed by atoms with E-state index in [9.17, 15) is 0 Å². The van der Waals surface area contributed by atoms with Crippen LogP contribution < -0.4 is 0 Å². The summed E-state index contributed by atoms with van der Waals surface area (Å²) >= 11 is 0. The van der Waals surface area contributed by atoms with E-state index < -0.39 is 11.6 Å². The van der Waals surface area contributed by atoms with Gasteiger partial charge in [-0.2, -0.15) is 13.2 Å². The summed E-state index contributed by atoms with van der Waals surface area (Å²) in [5.74, 6) is 0.694. The Bertz CT molecular complexity index is 3210. The second-order valence-corrected chi connectivity index (χ2v) is 15.0. The largest absolute Gasteiger partial charge is 0.436 e. The molecule has 0 aliphatic carbocycles. The first kappa shape index (κ1) is 31.4. The third kappa shape index (κ3) is 4.31. The molecule has 0 amide bonds. The van der Waals surface area contributed by atoms with E-state index in [1.54, 1.807) is 12.1 Å². The van der Waals surface area contributed by atoms with Gasteiger partial charge in [0.05, 0.1) is 0 Å². The van der Waals surface area contributed by atoms with Gasteiger partial charge in [0.15, 0.2) is 11.2 Å². The molecule has 56 heavy (non-hydrogen) atoms. The zero-order valence-electron chi connectivity index (χ0n) is 29.7. The molecule has 12 aromatic rings. The van der Waals surface area contributed by atoms with Crippen molar-refractivity contribution >= 4 is 86.8 Å². The molecule has 7 heteroatoms. The lowest BCUT2D eigenvalue weighted by Gasteiger charge is -2.33. The summed E-state index contributed by atoms with van der Waals surface area (Å²) < 4.78 is 58.6. The minimum atomic E-state index is -4.66. The number of rotatable bonds is 4. The predicted octanol–water partition coefficient (Wildman–Crippen LogP) is 14.0. The van der Waals surface area contributed by atoms with Crippen LogP contribution in [0, 0.1) is 0 Å². The standard InChI is InChI=1S/C49H27F3N2O2/c1-48(49(50,51)52,36-16-18-40-38(24-36)53-46(55-40)34-20-30-12-8-26-4-2-5-27-9-13-31(21-34)44(30)42(26)27)37-17-19-41-39(25-37)54-47(56-41)35-22-32-14-10-28-6-3-7-29-11-15-33(23-35)45(32)43(28)29/h2-25H,1H3. The van der Waals surface area contributed by atoms with Gasteiger partial charge in [0.2, 0.25) is 11.8 Å². The Labute approximate surface area is 316 Å². The van der Waals surface area contributed by atoms with E-state index in [0.29, 0.717) is 34.0 Å². The van der Waals surface area contributed by atoms with Crippen LogP contribution in [-0.2, 0) is 5.41 Å². The van der Waals surface area contributed by atoms with E-state index >= 15 is 13.2 Å². The van der Waals surface area contributed by atoms with Crippen LogP contribution in [0.15, 0.2) is 154 Å². The number of oxazole rings is 2. The van der Waals surface area contributed by atoms with Crippen molar-refractivity contribution in [1.29, 1.82) is 0 Å². The van der Waals surface area contributed by atoms with Gasteiger partial charge < -0.3 is 8.83 Å². The topological polar surface area (TPSA) is 52.1 Å². The highest BCUT2D eigenvalue weighted by Crippen LogP contribution is 2.48. The van der Waals surface area contributed by atoms with Gasteiger partial charge >= 0.3 is 6.18 Å². The summed E-state index contributed by atoms with van der Waals surface area (Å²) in [4.78, 5) is 9.49. The molecule has 12 rings (SSSR count). The highest BCUT2D eigenvalue weighted by Gasteiger charge is 2.53. The molecule has 0 aliphatic heterocycles. The van der Waals surface area contributed by atoms with Crippen LogP contribution in [0.4, 0.5) is 13.2 Å². The molecule has 0 bridgehead atoms. The zero-order valence-corrected chi connectivity index (χ0v) is 29.7. The molecule has 0 unspecified atom stereocenters. The maximum atomic E-state index is 15.4. The van der Waals surface area contributed by atoms with E-state index in [1.807, 2.05) is 24.3 Å². The number of aromatic nitrogens is 2. The average molecular weight is 733 g/mol. The SMILES string of the molecule is CC(c1ccc2oc(-c3cc4ccc5cccc6ccc(c3)c4c56)nc2c1)(c1ccc2oc(-c3cc4ccc5cccc6ccc(c3)c4c56)nc2c1)C(F)(F)F. The van der Waals surface area contributed by atoms with Gasteiger partial charge in [-0.05, 0) is 131 Å². The van der Waals surface area contributed by atoms with Gasteiger partial charge in [0, 0.05) is 11.1 Å². The lowest BCUT2D eigenvalue weighted by Crippen LogP contribution is -2.40. The van der Waals surface area contributed by atoms with Gasteiger partial charge in [-0.3, -0.25) is 0 Å². The second kappa shape index (κ2) is 10.8. The minimum absolute atomic E-state index is 0.0444. The monoisotopic (exact) mass is 732 g/mol. The molecular formula is C49H27F3N2O2. The second-order valence-electron chi connectivity index (χ2n) is 15.0. The summed E-state index contributed by atoms with van der Waals surface area (Å²) in [5, 5.41) is 13.6. The number of hydrogen-bond donors (Lipinski definition) is 0. The molecule has 266 valence electrons. The predicted molar refractivity (Wildman–Crippen MR) is 219 cm³/mol. The number of fused-ring (bicyclic) bond motifs is 2. The van der Waals surface area contributed by atoms with Gasteiger partial charge in [0.1, 0.15) is 16.4 Å². The van der Waals surface area contributed by atoms with Crippen molar-refractivity contribution in [1.82, 2.24) is 9.97 Å². The third-order valence-corrected chi connectivity index (χ3v) is 11.9. The van der Waals surface area contributed by atoms with Crippen LogP contribution >= 0.6 is 0 Å². The smallest absolute Gasteiger partial charge is 0.402 e. The first-order valence-electron chi connectivity index (χ1n) is 18.4. The van der Waals surface area contributed by atoms with Crippen LogP contribution in [0.5, 0.6) is 0 Å². The Balaban J connectivity index is 0.940. The maximum Gasteiger partial charge on any atom is 0.402 e. The van der Waals surface area contributed by atoms with Crippen molar-refractivity contribution < 1.29 is 22.0 Å². The minimum Gasteiger partial charge on any atom is -0.436 e. The third-order valence-electron chi connectivity index (χ3n) is 11.9. The highest BCUT2D eigenvalue weighted by atomic mass is 19.4. The first-order valence-corrected chi connectivity index (χ1v) is 18.4. The lowest BCUT2D eigenvalue weighted by atomic mass is 9.75. The van der Waals surface area contributed by atoms with Crippen molar-refractivity contribution in [2.75, 3.05) is 0 Å². The molecule has 0 saturated heterocycles. The average Bonchev–Trinajstić information content (AvgIpc) is 3.85. The van der Waals surface area contributed by atoms with Crippen LogP contribution in [0.1, 0.15) is 18.1 Å². The molecule has 0 radical (unpaired) electrons. The zero-order chi connectivity index (χ0) is 37.5. The van der Waals surface area contributed by atoms with Crippen molar-refractivity contribution in [3.63, 3.8) is 0 Å². The Morgan fingerprint density at radius 2 is 0.750 bits per heavy atom. The van der Waals surface area contributed by atoms with E-state index in [4.69, 9.17) is 18.8 Å². The summed E-state index contributed by atoms with van der Waals surface area (Å²) in [7, 11) is 0. The quantitative estimate of drug-likeness (QED) is 0.169. The van der Waals surface area contributed by atoms with Crippen molar-refractivity contribution in [2.45, 2.75) is 18.5 Å². The van der Waals surface area contributed by atoms with Crippen molar-refractivity contribution in [2.24, 2.45) is 0 Å². The molecule has 0 spiro atoms. The van der Waals surface area contributed by atoms with Gasteiger partial charge in [0.25, 0.3) is 0 Å². The van der Waals surface area contributed by atoms with Gasteiger partial charge in [-0.15, -0.1) is 0 Å². The number of hydrogen-bond acceptors (Lipinski definition) is 4. The van der Waals surface area contributed by atoms with Crippen molar-refractivity contribution in [3.05, 3.63) is 157 Å². The number of benzene rings is 10. The van der Waals surface area contributed by atoms with Gasteiger partial charge in [-0.1, -0.05) is 97.1 Å². The molecule has 2 aromatic heterocycles. The highest BCUT2D eigenvalue weighted by molar-refractivity contribution is 6.24. The van der Waals surface area contributed by atoms with E-state index in [-0.39, 0.29) is 11.1 Å². The van der Waals surface area contributed by atoms with E-state index in [2.05, 4.69) is 84.9 Å². The fraction of sp³-hybridized carbons (Fsp3) is 0.0612. The molecule has 0 atom stereocenters. The van der Waals surface area contributed by atoms with Crippen molar-refractivity contribution in [3.8, 4) is 22.9 Å². The Morgan fingerprint density at radius 1 is 0.411 bits per heavy atom. The Kier molecular flexibility index (Phi) is 6.06.